The van der Waals surface area contributed by atoms with Gasteiger partial charge in [0.1, 0.15) is 12.2 Å². The highest BCUT2D eigenvalue weighted by atomic mass is 32.1. The molecule has 144 valence electrons. The molecule has 0 bridgehead atoms. The molecule has 2 aromatic rings. The summed E-state index contributed by atoms with van der Waals surface area (Å²) in [6.07, 6.45) is 6.47. The first-order valence-electron chi connectivity index (χ1n) is 8.68. The topological polar surface area (TPSA) is 138 Å². The minimum Gasteiger partial charge on any atom is -0.364 e. The third kappa shape index (κ3) is 3.22. The van der Waals surface area contributed by atoms with Gasteiger partial charge >= 0.3 is 0 Å². The second-order valence-electron chi connectivity index (χ2n) is 6.67. The van der Waals surface area contributed by atoms with E-state index in [0.29, 0.717) is 29.2 Å². The lowest BCUT2D eigenvalue weighted by molar-refractivity contribution is -0.142. The number of amides is 4. The van der Waals surface area contributed by atoms with Crippen LogP contribution < -0.4 is 11.1 Å². The van der Waals surface area contributed by atoms with E-state index in [1.165, 1.54) is 11.3 Å². The maximum Gasteiger partial charge on any atom is 0.265 e. The molecule has 10 heteroatoms. The minimum absolute atomic E-state index is 0.260. The van der Waals surface area contributed by atoms with E-state index in [1.807, 2.05) is 12.2 Å². The summed E-state index contributed by atoms with van der Waals surface area (Å²) in [5.74, 6) is -2.36. The predicted octanol–water partition coefficient (Wildman–Crippen LogP) is 1.13. The van der Waals surface area contributed by atoms with Crippen LogP contribution in [0.1, 0.15) is 23.3 Å². The van der Waals surface area contributed by atoms with Crippen LogP contribution in [-0.4, -0.2) is 45.0 Å². The largest absolute Gasteiger partial charge is 0.364 e. The second-order valence-corrected chi connectivity index (χ2v) is 7.53. The summed E-state index contributed by atoms with van der Waals surface area (Å²) in [7, 11) is 0. The fraction of sp³-hybridized carbons (Fsp3) is 0.278. The number of nitrogens with one attached hydrogen (secondary N) is 2. The van der Waals surface area contributed by atoms with Gasteiger partial charge in [-0.15, -0.1) is 11.3 Å². The first kappa shape index (κ1) is 18.1. The SMILES string of the molecule is NC(=O)c1cc(-c2csc(NC(=O)CN3C(=O)C4CC=CCC4C3=O)n2)c[nH]1. The number of hydrogen-bond donors (Lipinski definition) is 3. The lowest BCUT2D eigenvalue weighted by atomic mass is 9.85. The molecular weight excluding hydrogens is 382 g/mol. The predicted molar refractivity (Wildman–Crippen MR) is 101 cm³/mol. The Balaban J connectivity index is 1.40. The first-order chi connectivity index (χ1) is 13.4. The average molecular weight is 399 g/mol. The summed E-state index contributed by atoms with van der Waals surface area (Å²) in [4.78, 5) is 56.4. The van der Waals surface area contributed by atoms with Crippen molar-refractivity contribution in [2.45, 2.75) is 12.8 Å². The van der Waals surface area contributed by atoms with Crippen LogP contribution in [0, 0.1) is 11.8 Å². The molecule has 0 radical (unpaired) electrons. The molecule has 1 fully saturated rings. The summed E-state index contributed by atoms with van der Waals surface area (Å²) in [5, 5.41) is 4.67. The van der Waals surface area contributed by atoms with E-state index in [1.54, 1.807) is 17.6 Å². The number of fused-ring (bicyclic) bond motifs is 1. The van der Waals surface area contributed by atoms with Crippen molar-refractivity contribution in [1.29, 1.82) is 0 Å². The average Bonchev–Trinajstić information content (AvgIpc) is 3.38. The van der Waals surface area contributed by atoms with E-state index in [0.717, 1.165) is 4.90 Å². The van der Waals surface area contributed by atoms with Gasteiger partial charge in [0.25, 0.3) is 5.91 Å². The Kier molecular flexibility index (Phi) is 4.55. The van der Waals surface area contributed by atoms with Crippen molar-refractivity contribution >= 4 is 40.1 Å². The van der Waals surface area contributed by atoms with Crippen molar-refractivity contribution in [3.8, 4) is 11.3 Å². The van der Waals surface area contributed by atoms with Crippen molar-refractivity contribution in [3.63, 3.8) is 0 Å². The maximum atomic E-state index is 12.4. The molecule has 2 unspecified atom stereocenters. The number of primary amides is 1. The highest BCUT2D eigenvalue weighted by Crippen LogP contribution is 2.35. The maximum absolute atomic E-state index is 12.4. The van der Waals surface area contributed by atoms with E-state index in [4.69, 9.17) is 5.73 Å². The third-order valence-corrected chi connectivity index (χ3v) is 5.65. The number of aromatic amines is 1. The quantitative estimate of drug-likeness (QED) is 0.511. The molecule has 4 amide bonds. The van der Waals surface area contributed by atoms with Crippen molar-refractivity contribution in [2.24, 2.45) is 17.6 Å². The molecule has 0 aromatic carbocycles. The Morgan fingerprint density at radius 2 is 1.93 bits per heavy atom. The van der Waals surface area contributed by atoms with Gasteiger partial charge in [-0.3, -0.25) is 24.1 Å². The molecule has 4 rings (SSSR count). The Morgan fingerprint density at radius 3 is 2.54 bits per heavy atom. The number of allylic oxidation sites excluding steroid dienone is 2. The monoisotopic (exact) mass is 399 g/mol. The lowest BCUT2D eigenvalue weighted by Gasteiger charge is -2.14. The van der Waals surface area contributed by atoms with Crippen LogP contribution in [0.3, 0.4) is 0 Å². The minimum atomic E-state index is -0.578. The van der Waals surface area contributed by atoms with Crippen molar-refractivity contribution in [2.75, 3.05) is 11.9 Å². The van der Waals surface area contributed by atoms with Crippen molar-refractivity contribution < 1.29 is 19.2 Å². The summed E-state index contributed by atoms with van der Waals surface area (Å²) in [6, 6.07) is 1.57. The van der Waals surface area contributed by atoms with Gasteiger partial charge in [-0.25, -0.2) is 4.98 Å². The highest BCUT2D eigenvalue weighted by Gasteiger charge is 2.47. The fourth-order valence-corrected chi connectivity index (χ4v) is 4.21. The summed E-state index contributed by atoms with van der Waals surface area (Å²) in [6.45, 7) is -0.324. The van der Waals surface area contributed by atoms with Crippen molar-refractivity contribution in [1.82, 2.24) is 14.9 Å². The van der Waals surface area contributed by atoms with E-state index in [2.05, 4.69) is 15.3 Å². The highest BCUT2D eigenvalue weighted by molar-refractivity contribution is 7.14. The number of likely N-dealkylation sites (tertiary alicyclic amines) is 1. The number of carbonyl (C=O) groups is 4. The normalized spacial score (nSPS) is 21.1. The number of nitrogens with two attached hydrogens (primary N) is 1. The number of rotatable bonds is 5. The molecule has 2 aromatic heterocycles. The molecular formula is C18H17N5O4S. The molecule has 2 atom stereocenters. The van der Waals surface area contributed by atoms with Crippen LogP contribution in [-0.2, 0) is 14.4 Å². The van der Waals surface area contributed by atoms with Gasteiger partial charge in [0.15, 0.2) is 5.13 Å². The van der Waals surface area contributed by atoms with Gasteiger partial charge < -0.3 is 16.0 Å². The Morgan fingerprint density at radius 1 is 1.25 bits per heavy atom. The number of carbonyl (C=O) groups excluding carboxylic acids is 4. The van der Waals surface area contributed by atoms with Crippen LogP contribution in [0.4, 0.5) is 5.13 Å². The van der Waals surface area contributed by atoms with Crippen LogP contribution in [0.15, 0.2) is 29.8 Å². The smallest absolute Gasteiger partial charge is 0.265 e. The summed E-state index contributed by atoms with van der Waals surface area (Å²) >= 11 is 1.20. The van der Waals surface area contributed by atoms with E-state index in [-0.39, 0.29) is 35.9 Å². The van der Waals surface area contributed by atoms with E-state index >= 15 is 0 Å². The number of H-pyrrole nitrogens is 1. The second kappa shape index (κ2) is 7.04. The van der Waals surface area contributed by atoms with E-state index in [9.17, 15) is 19.2 Å². The van der Waals surface area contributed by atoms with Gasteiger partial charge in [-0.2, -0.15) is 0 Å². The molecule has 28 heavy (non-hydrogen) atoms. The third-order valence-electron chi connectivity index (χ3n) is 4.90. The number of hydrogen-bond acceptors (Lipinski definition) is 6. The number of imide groups is 1. The molecule has 2 aliphatic rings. The molecule has 3 heterocycles. The molecule has 1 saturated heterocycles. The zero-order valence-corrected chi connectivity index (χ0v) is 15.5. The Hall–Kier alpha value is -3.27. The zero-order valence-electron chi connectivity index (χ0n) is 14.7. The zero-order chi connectivity index (χ0) is 19.8. The first-order valence-corrected chi connectivity index (χ1v) is 9.56. The van der Waals surface area contributed by atoms with Crippen LogP contribution >= 0.6 is 11.3 Å². The summed E-state index contributed by atoms with van der Waals surface area (Å²) in [5.41, 5.74) is 6.69. The molecule has 9 nitrogen and oxygen atoms in total. The number of thiazole rings is 1. The molecule has 0 spiro atoms. The summed E-state index contributed by atoms with van der Waals surface area (Å²) < 4.78 is 0. The Labute approximate surface area is 163 Å². The number of aromatic nitrogens is 2. The number of nitrogens with zero attached hydrogens (tertiary/aromatic N) is 2. The molecule has 4 N–H and O–H groups in total. The standard InChI is InChI=1S/C18H17N5O4S/c19-15(25)12-5-9(6-20-12)13-8-28-18(21-13)22-14(24)7-23-16(26)10-3-1-2-4-11(10)17(23)27/h1-2,5-6,8,10-11,20H,3-4,7H2,(H2,19,25)(H,21,22,24). The van der Waals surface area contributed by atoms with Crippen LogP contribution in [0.25, 0.3) is 11.3 Å². The van der Waals surface area contributed by atoms with Gasteiger partial charge in [-0.05, 0) is 18.9 Å². The lowest BCUT2D eigenvalue weighted by Crippen LogP contribution is -2.38. The molecule has 1 aliphatic carbocycles. The van der Waals surface area contributed by atoms with Crippen LogP contribution in [0.5, 0.6) is 0 Å². The van der Waals surface area contributed by atoms with Gasteiger partial charge in [-0.1, -0.05) is 12.2 Å². The fourth-order valence-electron chi connectivity index (χ4n) is 3.48. The van der Waals surface area contributed by atoms with Gasteiger partial charge in [0.05, 0.1) is 17.5 Å². The van der Waals surface area contributed by atoms with Crippen molar-refractivity contribution in [3.05, 3.63) is 35.5 Å². The molecule has 0 saturated carbocycles. The van der Waals surface area contributed by atoms with Gasteiger partial charge in [0, 0.05) is 17.1 Å². The van der Waals surface area contributed by atoms with Gasteiger partial charge in [0.2, 0.25) is 17.7 Å². The van der Waals surface area contributed by atoms with Crippen LogP contribution in [0.2, 0.25) is 0 Å². The number of anilines is 1. The molecule has 1 aliphatic heterocycles. The Bertz CT molecular complexity index is 981. The van der Waals surface area contributed by atoms with E-state index < -0.39 is 11.8 Å².